The standard InChI is InChI=1S/C18H20BrFN2O.ClH/c1-12(21)7-10-17(23)22-18(13-5-3-2-4-6-13)15-9-8-14(19)11-16(15)20;/h2-6,8-9,11-12,18H,7,10,21H2,1H3,(H,22,23);1H. The third-order valence-corrected chi connectivity index (χ3v) is 4.03. The maximum Gasteiger partial charge on any atom is 0.220 e. The van der Waals surface area contributed by atoms with Gasteiger partial charge in [-0.1, -0.05) is 52.3 Å². The lowest BCUT2D eigenvalue weighted by atomic mass is 9.98. The molecule has 0 fully saturated rings. The first-order valence-electron chi connectivity index (χ1n) is 7.52. The number of halogens is 3. The molecule has 0 saturated heterocycles. The molecule has 0 aromatic heterocycles. The number of benzene rings is 2. The lowest BCUT2D eigenvalue weighted by molar-refractivity contribution is -0.121. The Bertz CT molecular complexity index is 667. The van der Waals surface area contributed by atoms with E-state index >= 15 is 0 Å². The van der Waals surface area contributed by atoms with Crippen molar-refractivity contribution in [2.75, 3.05) is 0 Å². The molecule has 0 heterocycles. The fourth-order valence-corrected chi connectivity index (χ4v) is 2.65. The predicted octanol–water partition coefficient (Wildman–Crippen LogP) is 4.34. The highest BCUT2D eigenvalue weighted by molar-refractivity contribution is 9.10. The number of carbonyl (C=O) groups excluding carboxylic acids is 1. The molecule has 0 aliphatic heterocycles. The summed E-state index contributed by atoms with van der Waals surface area (Å²) in [6, 6.07) is 13.7. The quantitative estimate of drug-likeness (QED) is 0.737. The van der Waals surface area contributed by atoms with Gasteiger partial charge in [0.25, 0.3) is 0 Å². The van der Waals surface area contributed by atoms with E-state index in [9.17, 15) is 9.18 Å². The minimum absolute atomic E-state index is 0. The van der Waals surface area contributed by atoms with Gasteiger partial charge in [-0.2, -0.15) is 0 Å². The van der Waals surface area contributed by atoms with Crippen LogP contribution in [0.2, 0.25) is 0 Å². The van der Waals surface area contributed by atoms with Gasteiger partial charge in [0.05, 0.1) is 6.04 Å². The molecule has 3 N–H and O–H groups in total. The van der Waals surface area contributed by atoms with Crippen molar-refractivity contribution in [2.24, 2.45) is 5.73 Å². The summed E-state index contributed by atoms with van der Waals surface area (Å²) in [5.74, 6) is -0.501. The van der Waals surface area contributed by atoms with Gasteiger partial charge < -0.3 is 11.1 Å². The predicted molar refractivity (Wildman–Crippen MR) is 101 cm³/mol. The molecule has 3 nitrogen and oxygen atoms in total. The number of hydrogen-bond donors (Lipinski definition) is 2. The van der Waals surface area contributed by atoms with Crippen LogP contribution in [0.5, 0.6) is 0 Å². The lowest BCUT2D eigenvalue weighted by Crippen LogP contribution is -2.31. The zero-order valence-corrected chi connectivity index (χ0v) is 15.7. The Morgan fingerprint density at radius 2 is 1.92 bits per heavy atom. The summed E-state index contributed by atoms with van der Waals surface area (Å²) >= 11 is 3.25. The summed E-state index contributed by atoms with van der Waals surface area (Å²) in [5, 5.41) is 2.92. The van der Waals surface area contributed by atoms with E-state index in [0.29, 0.717) is 22.9 Å². The third-order valence-electron chi connectivity index (χ3n) is 3.54. The highest BCUT2D eigenvalue weighted by Crippen LogP contribution is 2.26. The average Bonchev–Trinajstić information content (AvgIpc) is 2.52. The van der Waals surface area contributed by atoms with Crippen molar-refractivity contribution < 1.29 is 9.18 Å². The van der Waals surface area contributed by atoms with Crippen LogP contribution in [0.4, 0.5) is 4.39 Å². The second-order valence-corrected chi connectivity index (χ2v) is 6.51. The van der Waals surface area contributed by atoms with Crippen LogP contribution in [-0.2, 0) is 4.79 Å². The van der Waals surface area contributed by atoms with E-state index in [2.05, 4.69) is 21.2 Å². The van der Waals surface area contributed by atoms with E-state index in [1.54, 1.807) is 12.1 Å². The topological polar surface area (TPSA) is 55.1 Å². The lowest BCUT2D eigenvalue weighted by Gasteiger charge is -2.21. The highest BCUT2D eigenvalue weighted by atomic mass is 79.9. The fourth-order valence-electron chi connectivity index (χ4n) is 2.31. The highest BCUT2D eigenvalue weighted by Gasteiger charge is 2.20. The Kier molecular flexibility index (Phi) is 8.39. The van der Waals surface area contributed by atoms with Crippen molar-refractivity contribution in [3.05, 3.63) is 69.9 Å². The molecule has 0 spiro atoms. The Morgan fingerprint density at radius 1 is 1.25 bits per heavy atom. The molecule has 2 rings (SSSR count). The number of hydrogen-bond acceptors (Lipinski definition) is 2. The molecule has 0 saturated carbocycles. The maximum atomic E-state index is 14.3. The second-order valence-electron chi connectivity index (χ2n) is 5.59. The molecule has 24 heavy (non-hydrogen) atoms. The second kappa shape index (κ2) is 9.77. The molecule has 2 aromatic carbocycles. The first-order valence-corrected chi connectivity index (χ1v) is 8.31. The van der Waals surface area contributed by atoms with Crippen LogP contribution in [0, 0.1) is 5.82 Å². The van der Waals surface area contributed by atoms with Crippen molar-refractivity contribution in [3.8, 4) is 0 Å². The van der Waals surface area contributed by atoms with Gasteiger partial charge in [-0.3, -0.25) is 4.79 Å². The molecule has 0 radical (unpaired) electrons. The van der Waals surface area contributed by atoms with E-state index in [0.717, 1.165) is 5.56 Å². The zero-order chi connectivity index (χ0) is 16.8. The van der Waals surface area contributed by atoms with Crippen LogP contribution in [0.15, 0.2) is 53.0 Å². The summed E-state index contributed by atoms with van der Waals surface area (Å²) in [6.07, 6.45) is 0.912. The molecule has 1 amide bonds. The van der Waals surface area contributed by atoms with Gasteiger partial charge in [-0.25, -0.2) is 4.39 Å². The summed E-state index contributed by atoms with van der Waals surface area (Å²) in [6.45, 7) is 1.86. The molecule has 130 valence electrons. The largest absolute Gasteiger partial charge is 0.345 e. The van der Waals surface area contributed by atoms with E-state index in [4.69, 9.17) is 5.73 Å². The van der Waals surface area contributed by atoms with Crippen LogP contribution >= 0.6 is 28.3 Å². The van der Waals surface area contributed by atoms with E-state index < -0.39 is 6.04 Å². The number of nitrogens with one attached hydrogen (secondary N) is 1. The monoisotopic (exact) mass is 414 g/mol. The smallest absolute Gasteiger partial charge is 0.220 e. The summed E-state index contributed by atoms with van der Waals surface area (Å²) in [5.41, 5.74) is 6.96. The molecular weight excluding hydrogens is 395 g/mol. The molecule has 2 unspecified atom stereocenters. The number of carbonyl (C=O) groups is 1. The van der Waals surface area contributed by atoms with Crippen molar-refractivity contribution in [1.29, 1.82) is 0 Å². The molecule has 0 aliphatic rings. The number of nitrogens with two attached hydrogens (primary N) is 1. The molecule has 2 aromatic rings. The molecule has 6 heteroatoms. The number of amides is 1. The van der Waals surface area contributed by atoms with E-state index in [1.807, 2.05) is 37.3 Å². The molecule has 0 bridgehead atoms. The van der Waals surface area contributed by atoms with Crippen molar-refractivity contribution >= 4 is 34.2 Å². The fraction of sp³-hybridized carbons (Fsp3) is 0.278. The molecule has 0 aliphatic carbocycles. The normalized spacial score (nSPS) is 12.8. The average molecular weight is 416 g/mol. The van der Waals surface area contributed by atoms with Gasteiger partial charge >= 0.3 is 0 Å². The SMILES string of the molecule is CC(N)CCC(=O)NC(c1ccccc1)c1ccc(Br)cc1F.Cl. The van der Waals surface area contributed by atoms with Crippen LogP contribution in [0.1, 0.15) is 36.9 Å². The molecule has 2 atom stereocenters. The van der Waals surface area contributed by atoms with Crippen LogP contribution in [0.3, 0.4) is 0 Å². The summed E-state index contributed by atoms with van der Waals surface area (Å²) in [7, 11) is 0. The van der Waals surface area contributed by atoms with Gasteiger partial charge in [-0.05, 0) is 31.0 Å². The zero-order valence-electron chi connectivity index (χ0n) is 13.3. The Labute approximate surface area is 156 Å². The molecular formula is C18H21BrClFN2O. The Hall–Kier alpha value is -1.43. The summed E-state index contributed by atoms with van der Waals surface area (Å²) in [4.78, 5) is 12.2. The Balaban J connectivity index is 0.00000288. The maximum absolute atomic E-state index is 14.3. The van der Waals surface area contributed by atoms with Crippen molar-refractivity contribution in [2.45, 2.75) is 31.8 Å². The van der Waals surface area contributed by atoms with Gasteiger partial charge in [0.1, 0.15) is 5.82 Å². The number of rotatable bonds is 6. The van der Waals surface area contributed by atoms with Crippen LogP contribution in [0.25, 0.3) is 0 Å². The van der Waals surface area contributed by atoms with E-state index in [1.165, 1.54) is 6.07 Å². The van der Waals surface area contributed by atoms with Crippen LogP contribution in [-0.4, -0.2) is 11.9 Å². The first-order chi connectivity index (χ1) is 11.0. The minimum atomic E-state index is -0.523. The van der Waals surface area contributed by atoms with Gasteiger partial charge in [0, 0.05) is 22.5 Å². The minimum Gasteiger partial charge on any atom is -0.345 e. The van der Waals surface area contributed by atoms with Crippen molar-refractivity contribution in [1.82, 2.24) is 5.32 Å². The van der Waals surface area contributed by atoms with Gasteiger partial charge in [-0.15, -0.1) is 12.4 Å². The van der Waals surface area contributed by atoms with Gasteiger partial charge in [0.2, 0.25) is 5.91 Å². The van der Waals surface area contributed by atoms with Gasteiger partial charge in [0.15, 0.2) is 0 Å². The first kappa shape index (κ1) is 20.6. The van der Waals surface area contributed by atoms with Crippen molar-refractivity contribution in [3.63, 3.8) is 0 Å². The van der Waals surface area contributed by atoms with E-state index in [-0.39, 0.29) is 30.2 Å². The Morgan fingerprint density at radius 3 is 2.50 bits per heavy atom. The third kappa shape index (κ3) is 5.89. The summed E-state index contributed by atoms with van der Waals surface area (Å²) < 4.78 is 15.0. The van der Waals surface area contributed by atoms with Crippen LogP contribution < -0.4 is 11.1 Å².